The van der Waals surface area contributed by atoms with Crippen LogP contribution in [0.2, 0.25) is 0 Å². The lowest BCUT2D eigenvalue weighted by molar-refractivity contribution is -0.129. The minimum Gasteiger partial charge on any atom is -0.507 e. The van der Waals surface area contributed by atoms with Crippen LogP contribution >= 0.6 is 0 Å². The second-order valence-electron chi connectivity index (χ2n) is 10.8. The van der Waals surface area contributed by atoms with Gasteiger partial charge in [0.25, 0.3) is 0 Å². The number of carbonyl (C=O) groups is 1. The topological polar surface area (TPSA) is 104 Å². The van der Waals surface area contributed by atoms with Crippen LogP contribution in [0.15, 0.2) is 54.0 Å². The lowest BCUT2D eigenvalue weighted by Gasteiger charge is -2.45. The Morgan fingerprint density at radius 3 is 2.52 bits per heavy atom. The Bertz CT molecular complexity index is 1770. The SMILES string of the molecule is C=CC(=O)N1CCN(c2nc(=O)n(-c3c(C)ccnc3C(C)C)c3nc(-c4c(O)cccc4F)c(F)cc23)C(C)C1C. The summed E-state index contributed by atoms with van der Waals surface area (Å²) in [6.45, 7) is 13.7. The molecule has 11 heteroatoms. The van der Waals surface area contributed by atoms with Crippen LogP contribution in [0.3, 0.4) is 0 Å². The molecule has 0 saturated carbocycles. The van der Waals surface area contributed by atoms with E-state index in [1.807, 2.05) is 39.5 Å². The van der Waals surface area contributed by atoms with Gasteiger partial charge in [0.15, 0.2) is 11.5 Å². The van der Waals surface area contributed by atoms with Gasteiger partial charge >= 0.3 is 5.69 Å². The first-order valence-corrected chi connectivity index (χ1v) is 13.7. The summed E-state index contributed by atoms with van der Waals surface area (Å²) in [4.78, 5) is 43.4. The maximum Gasteiger partial charge on any atom is 0.355 e. The van der Waals surface area contributed by atoms with Crippen molar-refractivity contribution in [2.45, 2.75) is 52.6 Å². The fraction of sp³-hybridized carbons (Fsp3) is 0.323. The highest BCUT2D eigenvalue weighted by atomic mass is 19.1. The highest BCUT2D eigenvalue weighted by molar-refractivity contribution is 5.91. The summed E-state index contributed by atoms with van der Waals surface area (Å²) in [6.07, 6.45) is 2.90. The van der Waals surface area contributed by atoms with Crippen LogP contribution < -0.4 is 10.6 Å². The number of rotatable bonds is 5. The van der Waals surface area contributed by atoms with E-state index in [2.05, 4.69) is 21.5 Å². The number of hydrogen-bond acceptors (Lipinski definition) is 7. The first kappa shape index (κ1) is 28.8. The first-order chi connectivity index (χ1) is 20.0. The number of halogens is 2. The van der Waals surface area contributed by atoms with Gasteiger partial charge in [-0.1, -0.05) is 26.5 Å². The number of amides is 1. The number of aromatic nitrogens is 4. The molecule has 4 heterocycles. The Labute approximate surface area is 241 Å². The van der Waals surface area contributed by atoms with Gasteiger partial charge in [0.1, 0.15) is 23.1 Å². The standard InChI is InChI=1S/C31H32F2N6O3/c1-7-24(41)37-13-14-38(19(6)18(37)5)29-20-15-22(33)27(25-21(32)9-8-10-23(25)40)35-30(20)39(31(42)36-29)28-17(4)11-12-34-26(28)16(2)3/h7-12,15-16,18-19,40H,1,13-14H2,2-6H3. The minimum absolute atomic E-state index is 0.0338. The molecule has 0 bridgehead atoms. The summed E-state index contributed by atoms with van der Waals surface area (Å²) in [5.41, 5.74) is 0.264. The molecular weight excluding hydrogens is 542 g/mol. The number of nitrogens with zero attached hydrogens (tertiary/aromatic N) is 6. The van der Waals surface area contributed by atoms with Crippen molar-refractivity contribution in [1.29, 1.82) is 0 Å². The molecule has 9 nitrogen and oxygen atoms in total. The fourth-order valence-electron chi connectivity index (χ4n) is 5.60. The van der Waals surface area contributed by atoms with E-state index < -0.39 is 34.3 Å². The molecule has 1 saturated heterocycles. The first-order valence-electron chi connectivity index (χ1n) is 13.7. The van der Waals surface area contributed by atoms with Gasteiger partial charge in [-0.15, -0.1) is 0 Å². The number of phenols is 1. The van der Waals surface area contributed by atoms with Crippen LogP contribution in [0.4, 0.5) is 14.6 Å². The number of hydrogen-bond donors (Lipinski definition) is 1. The Balaban J connectivity index is 1.85. The van der Waals surface area contributed by atoms with Crippen molar-refractivity contribution in [3.8, 4) is 22.7 Å². The van der Waals surface area contributed by atoms with Gasteiger partial charge in [-0.2, -0.15) is 4.98 Å². The third-order valence-corrected chi connectivity index (χ3v) is 7.95. The quantitative estimate of drug-likeness (QED) is 0.339. The lowest BCUT2D eigenvalue weighted by atomic mass is 10.0. The molecule has 1 amide bonds. The average Bonchev–Trinajstić information content (AvgIpc) is 2.94. The summed E-state index contributed by atoms with van der Waals surface area (Å²) in [6, 6.07) is 5.98. The Morgan fingerprint density at radius 1 is 1.12 bits per heavy atom. The largest absolute Gasteiger partial charge is 0.507 e. The number of benzene rings is 1. The second-order valence-corrected chi connectivity index (χ2v) is 10.8. The molecule has 2 atom stereocenters. The van der Waals surface area contributed by atoms with E-state index in [0.717, 1.165) is 6.07 Å². The average molecular weight is 575 g/mol. The van der Waals surface area contributed by atoms with Gasteiger partial charge in [-0.25, -0.2) is 23.1 Å². The van der Waals surface area contributed by atoms with Crippen molar-refractivity contribution in [3.63, 3.8) is 0 Å². The van der Waals surface area contributed by atoms with E-state index in [1.165, 1.54) is 28.8 Å². The normalized spacial score (nSPS) is 17.2. The fourth-order valence-corrected chi connectivity index (χ4v) is 5.60. The third-order valence-electron chi connectivity index (χ3n) is 7.95. The number of phenolic OH excluding ortho intramolecular Hbond substituents is 1. The highest BCUT2D eigenvalue weighted by Crippen LogP contribution is 2.37. The van der Waals surface area contributed by atoms with E-state index in [1.54, 1.807) is 17.2 Å². The lowest BCUT2D eigenvalue weighted by Crippen LogP contribution is -2.59. The van der Waals surface area contributed by atoms with Crippen molar-refractivity contribution in [3.05, 3.63) is 82.6 Å². The van der Waals surface area contributed by atoms with E-state index in [0.29, 0.717) is 30.0 Å². The van der Waals surface area contributed by atoms with Gasteiger partial charge in [0.05, 0.1) is 22.3 Å². The van der Waals surface area contributed by atoms with Crippen molar-refractivity contribution in [2.75, 3.05) is 18.0 Å². The molecule has 4 aromatic rings. The summed E-state index contributed by atoms with van der Waals surface area (Å²) in [5, 5.41) is 10.7. The van der Waals surface area contributed by atoms with Crippen LogP contribution in [0.25, 0.3) is 28.0 Å². The zero-order valence-electron chi connectivity index (χ0n) is 24.1. The van der Waals surface area contributed by atoms with Gasteiger partial charge in [0.2, 0.25) is 5.91 Å². The minimum atomic E-state index is -0.899. The van der Waals surface area contributed by atoms with E-state index >= 15 is 4.39 Å². The van der Waals surface area contributed by atoms with Crippen LogP contribution in [-0.4, -0.2) is 60.6 Å². The van der Waals surface area contributed by atoms with Crippen LogP contribution in [-0.2, 0) is 4.79 Å². The monoisotopic (exact) mass is 574 g/mol. The van der Waals surface area contributed by atoms with E-state index in [9.17, 15) is 19.1 Å². The maximum atomic E-state index is 15.9. The number of fused-ring (bicyclic) bond motifs is 1. The van der Waals surface area contributed by atoms with Crippen LogP contribution in [0.5, 0.6) is 5.75 Å². The van der Waals surface area contributed by atoms with E-state index in [-0.39, 0.29) is 40.8 Å². The molecule has 1 N–H and O–H groups in total. The number of carbonyl (C=O) groups excluding carboxylic acids is 1. The van der Waals surface area contributed by atoms with E-state index in [4.69, 9.17) is 0 Å². The molecule has 1 aliphatic heterocycles. The van der Waals surface area contributed by atoms with Gasteiger partial charge in [0, 0.05) is 31.4 Å². The van der Waals surface area contributed by atoms with Gasteiger partial charge in [-0.3, -0.25) is 9.78 Å². The van der Waals surface area contributed by atoms with Crippen LogP contribution in [0, 0.1) is 18.6 Å². The molecule has 2 unspecified atom stereocenters. The predicted octanol–water partition coefficient (Wildman–Crippen LogP) is 4.87. The molecule has 0 spiro atoms. The van der Waals surface area contributed by atoms with Gasteiger partial charge in [-0.05, 0) is 62.6 Å². The van der Waals surface area contributed by atoms with Crippen molar-refractivity contribution in [2.24, 2.45) is 0 Å². The summed E-state index contributed by atoms with van der Waals surface area (Å²) in [7, 11) is 0. The summed E-state index contributed by atoms with van der Waals surface area (Å²) < 4.78 is 32.1. The zero-order valence-corrected chi connectivity index (χ0v) is 24.1. The third kappa shape index (κ3) is 4.68. The molecule has 1 fully saturated rings. The number of pyridine rings is 2. The molecular formula is C31H32F2N6O3. The van der Waals surface area contributed by atoms with Crippen molar-refractivity contribution in [1.82, 2.24) is 24.4 Å². The highest BCUT2D eigenvalue weighted by Gasteiger charge is 2.35. The summed E-state index contributed by atoms with van der Waals surface area (Å²) >= 11 is 0. The molecule has 218 valence electrons. The summed E-state index contributed by atoms with van der Waals surface area (Å²) in [5.74, 6) is -2.36. The van der Waals surface area contributed by atoms with Crippen LogP contribution in [0.1, 0.15) is 44.9 Å². The molecule has 1 aromatic carbocycles. The molecule has 0 aliphatic carbocycles. The molecule has 3 aromatic heterocycles. The Kier molecular flexibility index (Phi) is 7.53. The Hall–Kier alpha value is -4.67. The molecule has 42 heavy (non-hydrogen) atoms. The number of anilines is 1. The number of aryl methyl sites for hydroxylation is 1. The molecule has 5 rings (SSSR count). The maximum absolute atomic E-state index is 15.9. The predicted molar refractivity (Wildman–Crippen MR) is 157 cm³/mol. The Morgan fingerprint density at radius 2 is 1.86 bits per heavy atom. The number of piperazine rings is 1. The van der Waals surface area contributed by atoms with Crippen molar-refractivity contribution < 1.29 is 18.7 Å². The zero-order chi connectivity index (χ0) is 30.5. The molecule has 0 radical (unpaired) electrons. The smallest absolute Gasteiger partial charge is 0.355 e. The number of aromatic hydroxyl groups is 1. The molecule has 1 aliphatic rings. The van der Waals surface area contributed by atoms with Crippen molar-refractivity contribution >= 4 is 22.8 Å². The second kappa shape index (κ2) is 11.0. The van der Waals surface area contributed by atoms with Gasteiger partial charge < -0.3 is 14.9 Å².